The van der Waals surface area contributed by atoms with Gasteiger partial charge in [0.15, 0.2) is 0 Å². The van der Waals surface area contributed by atoms with Crippen LogP contribution < -0.4 is 0 Å². The lowest BCUT2D eigenvalue weighted by molar-refractivity contribution is 0.110. The van der Waals surface area contributed by atoms with Crippen molar-refractivity contribution in [3.05, 3.63) is 18.7 Å². The summed E-state index contributed by atoms with van der Waals surface area (Å²) in [6.07, 6.45) is 22.3. The SMILES string of the molecule is c1cn(CCCCCCCCOCCC2CCCCC2)cn1. The van der Waals surface area contributed by atoms with E-state index in [1.165, 1.54) is 77.0 Å². The quantitative estimate of drug-likeness (QED) is 0.496. The molecule has 126 valence electrons. The van der Waals surface area contributed by atoms with Crippen LogP contribution >= 0.6 is 0 Å². The van der Waals surface area contributed by atoms with Gasteiger partial charge < -0.3 is 9.30 Å². The minimum Gasteiger partial charge on any atom is -0.381 e. The van der Waals surface area contributed by atoms with Crippen molar-refractivity contribution in [3.63, 3.8) is 0 Å². The minimum absolute atomic E-state index is 0.962. The molecule has 3 heteroatoms. The predicted molar refractivity (Wildman–Crippen MR) is 91.9 cm³/mol. The first-order valence-corrected chi connectivity index (χ1v) is 9.48. The third kappa shape index (κ3) is 7.98. The molecule has 0 amide bonds. The van der Waals surface area contributed by atoms with Crippen LogP contribution in [0.15, 0.2) is 18.7 Å². The maximum absolute atomic E-state index is 5.80. The Morgan fingerprint density at radius 1 is 0.909 bits per heavy atom. The Morgan fingerprint density at radius 3 is 2.45 bits per heavy atom. The van der Waals surface area contributed by atoms with E-state index in [9.17, 15) is 0 Å². The lowest BCUT2D eigenvalue weighted by Gasteiger charge is -2.21. The van der Waals surface area contributed by atoms with Crippen molar-refractivity contribution in [1.82, 2.24) is 9.55 Å². The molecule has 1 aromatic heterocycles. The van der Waals surface area contributed by atoms with Crippen molar-refractivity contribution in [2.45, 2.75) is 83.6 Å². The molecule has 22 heavy (non-hydrogen) atoms. The number of hydrogen-bond acceptors (Lipinski definition) is 2. The van der Waals surface area contributed by atoms with Gasteiger partial charge in [0.25, 0.3) is 0 Å². The topological polar surface area (TPSA) is 27.1 Å². The molecule has 0 aliphatic heterocycles. The molecule has 1 aromatic rings. The molecule has 2 rings (SSSR count). The second-order valence-electron chi connectivity index (χ2n) is 6.83. The smallest absolute Gasteiger partial charge is 0.0945 e. The third-order valence-corrected chi connectivity index (χ3v) is 4.91. The Kier molecular flexibility index (Phi) is 9.32. The highest BCUT2D eigenvalue weighted by Gasteiger charge is 2.12. The van der Waals surface area contributed by atoms with Crippen molar-refractivity contribution >= 4 is 0 Å². The van der Waals surface area contributed by atoms with E-state index < -0.39 is 0 Å². The van der Waals surface area contributed by atoms with E-state index in [2.05, 4.69) is 9.55 Å². The summed E-state index contributed by atoms with van der Waals surface area (Å²) < 4.78 is 7.97. The van der Waals surface area contributed by atoms with Crippen molar-refractivity contribution in [3.8, 4) is 0 Å². The molecule has 0 radical (unpaired) electrons. The van der Waals surface area contributed by atoms with Crippen LogP contribution in [0.25, 0.3) is 0 Å². The zero-order valence-corrected chi connectivity index (χ0v) is 14.2. The molecule has 0 saturated heterocycles. The fourth-order valence-corrected chi connectivity index (χ4v) is 3.45. The van der Waals surface area contributed by atoms with Crippen LogP contribution in [-0.4, -0.2) is 22.8 Å². The molecule has 0 aromatic carbocycles. The highest BCUT2D eigenvalue weighted by atomic mass is 16.5. The molecule has 0 N–H and O–H groups in total. The number of nitrogens with zero attached hydrogens (tertiary/aromatic N) is 2. The number of aromatic nitrogens is 2. The van der Waals surface area contributed by atoms with Gasteiger partial charge in [-0.15, -0.1) is 0 Å². The first-order chi connectivity index (χ1) is 10.9. The van der Waals surface area contributed by atoms with E-state index in [-0.39, 0.29) is 0 Å². The lowest BCUT2D eigenvalue weighted by Crippen LogP contribution is -2.09. The van der Waals surface area contributed by atoms with Crippen LogP contribution in [0.2, 0.25) is 0 Å². The Hall–Kier alpha value is -0.830. The molecule has 1 fully saturated rings. The summed E-state index contributed by atoms with van der Waals surface area (Å²) >= 11 is 0. The number of imidazole rings is 1. The van der Waals surface area contributed by atoms with Crippen LogP contribution in [0.5, 0.6) is 0 Å². The molecule has 3 nitrogen and oxygen atoms in total. The molecule has 1 aliphatic rings. The second-order valence-corrected chi connectivity index (χ2v) is 6.83. The highest BCUT2D eigenvalue weighted by molar-refractivity contribution is 4.73. The summed E-state index contributed by atoms with van der Waals surface area (Å²) in [5.74, 6) is 0.962. The fourth-order valence-electron chi connectivity index (χ4n) is 3.45. The van der Waals surface area contributed by atoms with Gasteiger partial charge in [0.2, 0.25) is 0 Å². The molecule has 0 unspecified atom stereocenters. The number of aryl methyl sites for hydroxylation is 1. The van der Waals surface area contributed by atoms with Crippen molar-refractivity contribution < 1.29 is 4.74 Å². The average molecular weight is 306 g/mol. The third-order valence-electron chi connectivity index (χ3n) is 4.91. The molecule has 1 heterocycles. The summed E-state index contributed by atoms with van der Waals surface area (Å²) in [5, 5.41) is 0. The molecule has 0 atom stereocenters. The second kappa shape index (κ2) is 11.7. The molecule has 0 spiro atoms. The Labute approximate surface area is 136 Å². The van der Waals surface area contributed by atoms with E-state index in [0.29, 0.717) is 0 Å². The van der Waals surface area contributed by atoms with E-state index >= 15 is 0 Å². The largest absolute Gasteiger partial charge is 0.381 e. The van der Waals surface area contributed by atoms with Gasteiger partial charge in [0, 0.05) is 32.2 Å². The lowest BCUT2D eigenvalue weighted by atomic mass is 9.87. The van der Waals surface area contributed by atoms with E-state index in [0.717, 1.165) is 25.7 Å². The Morgan fingerprint density at radius 2 is 1.68 bits per heavy atom. The van der Waals surface area contributed by atoms with Crippen molar-refractivity contribution in [1.29, 1.82) is 0 Å². The van der Waals surface area contributed by atoms with Crippen LogP contribution in [-0.2, 0) is 11.3 Å². The number of unbranched alkanes of at least 4 members (excludes halogenated alkanes) is 5. The molecule has 0 bridgehead atoms. The Balaban J connectivity index is 1.28. The van der Waals surface area contributed by atoms with Gasteiger partial charge in [-0.2, -0.15) is 0 Å². The summed E-state index contributed by atoms with van der Waals surface area (Å²) in [5.41, 5.74) is 0. The van der Waals surface area contributed by atoms with Gasteiger partial charge in [-0.05, 0) is 25.2 Å². The van der Waals surface area contributed by atoms with Gasteiger partial charge in [0.05, 0.1) is 6.33 Å². The average Bonchev–Trinajstić information content (AvgIpc) is 3.07. The minimum atomic E-state index is 0.962. The van der Waals surface area contributed by atoms with Crippen LogP contribution in [0, 0.1) is 5.92 Å². The summed E-state index contributed by atoms with van der Waals surface area (Å²) in [6.45, 7) is 3.08. The van der Waals surface area contributed by atoms with E-state index in [1.807, 2.05) is 18.7 Å². The summed E-state index contributed by atoms with van der Waals surface area (Å²) in [4.78, 5) is 4.06. The predicted octanol–water partition coefficient (Wildman–Crippen LogP) is 5.21. The molecule has 1 saturated carbocycles. The van der Waals surface area contributed by atoms with Gasteiger partial charge in [-0.3, -0.25) is 0 Å². The molecular weight excluding hydrogens is 272 g/mol. The first-order valence-electron chi connectivity index (χ1n) is 9.48. The monoisotopic (exact) mass is 306 g/mol. The summed E-state index contributed by atoms with van der Waals surface area (Å²) in [6, 6.07) is 0. The zero-order chi connectivity index (χ0) is 15.3. The van der Waals surface area contributed by atoms with E-state index in [4.69, 9.17) is 4.74 Å². The first kappa shape index (κ1) is 17.5. The molecular formula is C19H34N2O. The van der Waals surface area contributed by atoms with Gasteiger partial charge >= 0.3 is 0 Å². The summed E-state index contributed by atoms with van der Waals surface area (Å²) in [7, 11) is 0. The number of rotatable bonds is 12. The number of ether oxygens (including phenoxy) is 1. The maximum atomic E-state index is 5.80. The number of hydrogen-bond donors (Lipinski definition) is 0. The van der Waals surface area contributed by atoms with Crippen LogP contribution in [0.1, 0.15) is 77.0 Å². The maximum Gasteiger partial charge on any atom is 0.0945 e. The zero-order valence-electron chi connectivity index (χ0n) is 14.2. The van der Waals surface area contributed by atoms with E-state index in [1.54, 1.807) is 0 Å². The Bertz CT molecular complexity index is 344. The van der Waals surface area contributed by atoms with Gasteiger partial charge in [0.1, 0.15) is 0 Å². The van der Waals surface area contributed by atoms with Gasteiger partial charge in [-0.1, -0.05) is 57.8 Å². The van der Waals surface area contributed by atoms with Crippen LogP contribution in [0.3, 0.4) is 0 Å². The normalized spacial score (nSPS) is 16.2. The van der Waals surface area contributed by atoms with Crippen LogP contribution in [0.4, 0.5) is 0 Å². The fraction of sp³-hybridized carbons (Fsp3) is 0.842. The van der Waals surface area contributed by atoms with Gasteiger partial charge in [-0.25, -0.2) is 4.98 Å². The van der Waals surface area contributed by atoms with Crippen molar-refractivity contribution in [2.75, 3.05) is 13.2 Å². The standard InChI is InChI=1S/C19H34N2O/c1(3-8-14-21-15-13-20-18-21)2-4-9-16-22-17-12-19-10-6-5-7-11-19/h13,15,18-19H,1-12,14,16-17H2. The van der Waals surface area contributed by atoms with Crippen molar-refractivity contribution in [2.24, 2.45) is 5.92 Å². The molecule has 1 aliphatic carbocycles. The highest BCUT2D eigenvalue weighted by Crippen LogP contribution is 2.26.